The molecule has 1 aliphatic heterocycles. The third kappa shape index (κ3) is 6.87. The normalized spacial score (nSPS) is 16.5. The molecular formula is C23H34FN5O5. The number of aliphatic hydroxyl groups excluding tert-OH is 2. The lowest BCUT2D eigenvalue weighted by molar-refractivity contribution is 0.0799. The number of carbonyl (C=O) groups excluding carboxylic acids is 1. The van der Waals surface area contributed by atoms with Gasteiger partial charge in [0.25, 0.3) is 5.91 Å². The van der Waals surface area contributed by atoms with Crippen LogP contribution in [0.3, 0.4) is 0 Å². The number of nitrogens with one attached hydrogen (secondary N) is 1. The van der Waals surface area contributed by atoms with Crippen molar-refractivity contribution in [2.24, 2.45) is 0 Å². The van der Waals surface area contributed by atoms with Gasteiger partial charge in [-0.15, -0.1) is 0 Å². The van der Waals surface area contributed by atoms with E-state index >= 15 is 0 Å². The van der Waals surface area contributed by atoms with Crippen molar-refractivity contribution in [1.29, 1.82) is 0 Å². The summed E-state index contributed by atoms with van der Waals surface area (Å²) in [7, 11) is 0. The van der Waals surface area contributed by atoms with E-state index < -0.39 is 24.4 Å². The maximum absolute atomic E-state index is 14.3. The van der Waals surface area contributed by atoms with Crippen LogP contribution in [0, 0.1) is 5.82 Å². The third-order valence-corrected chi connectivity index (χ3v) is 5.85. The predicted molar refractivity (Wildman–Crippen MR) is 124 cm³/mol. The smallest absolute Gasteiger partial charge is 0.324 e. The number of aromatic nitrogens is 2. The SMILES string of the molecule is CC(C)c1noc(N2CCN(C(C)CCOc3ccc(C(=O)NC[C@@H](O)CO)c(F)c3)CC2)n1. The van der Waals surface area contributed by atoms with E-state index in [1.807, 2.05) is 13.8 Å². The summed E-state index contributed by atoms with van der Waals surface area (Å²) in [6.07, 6.45) is -0.322. The lowest BCUT2D eigenvalue weighted by atomic mass is 10.1. The Kier molecular flexibility index (Phi) is 9.20. The monoisotopic (exact) mass is 479 g/mol. The summed E-state index contributed by atoms with van der Waals surface area (Å²) in [5.74, 6) is -0.0801. The summed E-state index contributed by atoms with van der Waals surface area (Å²) >= 11 is 0. The zero-order valence-corrected chi connectivity index (χ0v) is 19.9. The zero-order chi connectivity index (χ0) is 24.7. The number of aliphatic hydroxyl groups is 2. The number of halogens is 1. The first-order valence-electron chi connectivity index (χ1n) is 11.6. The van der Waals surface area contributed by atoms with E-state index in [0.29, 0.717) is 24.2 Å². The van der Waals surface area contributed by atoms with Crippen molar-refractivity contribution < 1.29 is 28.7 Å². The number of nitrogens with zero attached hydrogens (tertiary/aromatic N) is 4. The molecule has 1 aromatic carbocycles. The van der Waals surface area contributed by atoms with E-state index in [9.17, 15) is 14.3 Å². The van der Waals surface area contributed by atoms with Crippen LogP contribution >= 0.6 is 0 Å². The summed E-state index contributed by atoms with van der Waals surface area (Å²) in [6.45, 7) is 9.30. The Morgan fingerprint density at radius 1 is 1.26 bits per heavy atom. The Morgan fingerprint density at radius 3 is 2.62 bits per heavy atom. The second-order valence-electron chi connectivity index (χ2n) is 8.79. The molecule has 2 heterocycles. The molecule has 2 aromatic rings. The Bertz CT molecular complexity index is 932. The number of rotatable bonds is 11. The fraction of sp³-hybridized carbons (Fsp3) is 0.609. The van der Waals surface area contributed by atoms with Crippen LogP contribution < -0.4 is 15.0 Å². The molecule has 3 N–H and O–H groups in total. The predicted octanol–water partition coefficient (Wildman–Crippen LogP) is 1.39. The fourth-order valence-corrected chi connectivity index (χ4v) is 3.61. The second kappa shape index (κ2) is 12.1. The van der Waals surface area contributed by atoms with Crippen molar-refractivity contribution in [3.63, 3.8) is 0 Å². The van der Waals surface area contributed by atoms with Gasteiger partial charge in [0.15, 0.2) is 5.82 Å². The van der Waals surface area contributed by atoms with Crippen molar-refractivity contribution in [1.82, 2.24) is 20.4 Å². The molecule has 1 unspecified atom stereocenters. The Balaban J connectivity index is 1.41. The zero-order valence-electron chi connectivity index (χ0n) is 19.9. The fourth-order valence-electron chi connectivity index (χ4n) is 3.61. The molecule has 3 rings (SSSR count). The molecule has 1 saturated heterocycles. The van der Waals surface area contributed by atoms with Crippen molar-refractivity contribution >= 4 is 11.9 Å². The summed E-state index contributed by atoms with van der Waals surface area (Å²) in [6, 6.07) is 4.92. The standard InChI is InChI=1S/C23H34FN5O5/c1-15(2)21-26-23(34-27-21)29-9-7-28(8-10-29)16(3)6-11-33-18-4-5-19(20(24)12-18)22(32)25-13-17(31)14-30/h4-5,12,15-17,30-31H,6-11,13-14H2,1-3H3,(H,25,32)/t16?,17-/m1/s1. The van der Waals surface area contributed by atoms with E-state index in [1.165, 1.54) is 12.1 Å². The highest BCUT2D eigenvalue weighted by Crippen LogP contribution is 2.20. The van der Waals surface area contributed by atoms with E-state index in [-0.39, 0.29) is 24.1 Å². The van der Waals surface area contributed by atoms with Gasteiger partial charge in [-0.1, -0.05) is 19.0 Å². The molecule has 1 fully saturated rings. The third-order valence-electron chi connectivity index (χ3n) is 5.85. The van der Waals surface area contributed by atoms with Gasteiger partial charge in [0, 0.05) is 50.7 Å². The van der Waals surface area contributed by atoms with Gasteiger partial charge in [-0.2, -0.15) is 4.98 Å². The highest BCUT2D eigenvalue weighted by molar-refractivity contribution is 5.94. The van der Waals surface area contributed by atoms with Crippen molar-refractivity contribution in [3.05, 3.63) is 35.4 Å². The molecule has 1 aromatic heterocycles. The van der Waals surface area contributed by atoms with Gasteiger partial charge in [0.05, 0.1) is 24.9 Å². The number of benzene rings is 1. The van der Waals surface area contributed by atoms with Gasteiger partial charge < -0.3 is 29.7 Å². The first-order valence-corrected chi connectivity index (χ1v) is 11.6. The summed E-state index contributed by atoms with van der Waals surface area (Å²) in [5, 5.41) is 24.5. The van der Waals surface area contributed by atoms with Gasteiger partial charge in [0.2, 0.25) is 0 Å². The molecule has 2 atom stereocenters. The molecule has 0 aliphatic carbocycles. The maximum Gasteiger partial charge on any atom is 0.324 e. The number of hydrogen-bond donors (Lipinski definition) is 3. The number of carbonyl (C=O) groups is 1. The van der Waals surface area contributed by atoms with Crippen LogP contribution in [0.15, 0.2) is 22.7 Å². The maximum atomic E-state index is 14.3. The van der Waals surface area contributed by atoms with Crippen LogP contribution in [-0.2, 0) is 0 Å². The molecule has 10 nitrogen and oxygen atoms in total. The molecule has 188 valence electrons. The lowest BCUT2D eigenvalue weighted by Crippen LogP contribution is -2.50. The topological polar surface area (TPSA) is 124 Å². The number of ether oxygens (including phenoxy) is 1. The van der Waals surface area contributed by atoms with E-state index in [1.54, 1.807) is 6.07 Å². The lowest BCUT2D eigenvalue weighted by Gasteiger charge is -2.37. The molecule has 0 radical (unpaired) electrons. The molecule has 11 heteroatoms. The van der Waals surface area contributed by atoms with Gasteiger partial charge in [-0.3, -0.25) is 9.69 Å². The molecular weight excluding hydrogens is 445 g/mol. The van der Waals surface area contributed by atoms with Crippen LogP contribution in [0.5, 0.6) is 5.75 Å². The van der Waals surface area contributed by atoms with Gasteiger partial charge >= 0.3 is 6.01 Å². The van der Waals surface area contributed by atoms with Crippen LogP contribution in [0.1, 0.15) is 49.3 Å². The summed E-state index contributed by atoms with van der Waals surface area (Å²) in [5.41, 5.74) is -0.148. The van der Waals surface area contributed by atoms with Crippen molar-refractivity contribution in [2.45, 2.75) is 45.3 Å². The first kappa shape index (κ1) is 25.9. The minimum atomic E-state index is -1.09. The Hall–Kier alpha value is -2.76. The van der Waals surface area contributed by atoms with Crippen LogP contribution in [0.25, 0.3) is 0 Å². The van der Waals surface area contributed by atoms with Gasteiger partial charge in [-0.25, -0.2) is 4.39 Å². The highest BCUT2D eigenvalue weighted by atomic mass is 19.1. The van der Waals surface area contributed by atoms with Gasteiger partial charge in [-0.05, 0) is 25.5 Å². The first-order chi connectivity index (χ1) is 16.3. The quantitative estimate of drug-likeness (QED) is 0.439. The number of piperazine rings is 1. The second-order valence-corrected chi connectivity index (χ2v) is 8.79. The van der Waals surface area contributed by atoms with E-state index in [2.05, 4.69) is 32.2 Å². The molecule has 0 spiro atoms. The van der Waals surface area contributed by atoms with Crippen LogP contribution in [0.2, 0.25) is 0 Å². The average Bonchev–Trinajstić information content (AvgIpc) is 3.33. The number of anilines is 1. The van der Waals surface area contributed by atoms with Crippen LogP contribution in [0.4, 0.5) is 10.4 Å². The Labute approximate surface area is 198 Å². The van der Waals surface area contributed by atoms with Crippen LogP contribution in [-0.4, -0.2) is 89.2 Å². The highest BCUT2D eigenvalue weighted by Gasteiger charge is 2.24. The van der Waals surface area contributed by atoms with E-state index in [4.69, 9.17) is 14.4 Å². The molecule has 1 aliphatic rings. The molecule has 0 bridgehead atoms. The van der Waals surface area contributed by atoms with E-state index in [0.717, 1.165) is 32.6 Å². The summed E-state index contributed by atoms with van der Waals surface area (Å²) in [4.78, 5) is 20.9. The molecule has 1 amide bonds. The number of amides is 1. The average molecular weight is 480 g/mol. The Morgan fingerprint density at radius 2 is 2.00 bits per heavy atom. The van der Waals surface area contributed by atoms with Gasteiger partial charge in [0.1, 0.15) is 11.6 Å². The largest absolute Gasteiger partial charge is 0.493 e. The minimum Gasteiger partial charge on any atom is -0.493 e. The minimum absolute atomic E-state index is 0.148. The number of hydrogen-bond acceptors (Lipinski definition) is 9. The van der Waals surface area contributed by atoms with Crippen molar-refractivity contribution in [2.75, 3.05) is 50.8 Å². The van der Waals surface area contributed by atoms with Crippen molar-refractivity contribution in [3.8, 4) is 5.75 Å². The molecule has 0 saturated carbocycles. The summed E-state index contributed by atoms with van der Waals surface area (Å²) < 4.78 is 25.4. The molecule has 34 heavy (non-hydrogen) atoms.